The van der Waals surface area contributed by atoms with Crippen LogP contribution in [-0.4, -0.2) is 0 Å². The Morgan fingerprint density at radius 2 is 0.904 bits per heavy atom. The van der Waals surface area contributed by atoms with Gasteiger partial charge in [-0.05, 0) is 97.9 Å². The minimum atomic E-state index is 0.870. The Balaban J connectivity index is 1.12. The summed E-state index contributed by atoms with van der Waals surface area (Å²) >= 11 is 0. The molecule has 0 fully saturated rings. The average Bonchev–Trinajstić information content (AvgIpc) is 3.58. The Morgan fingerprint density at radius 3 is 1.69 bits per heavy atom. The van der Waals surface area contributed by atoms with Crippen molar-refractivity contribution < 1.29 is 4.42 Å². The molecular weight excluding hydrogens is 631 g/mol. The van der Waals surface area contributed by atoms with Crippen molar-refractivity contribution in [2.75, 3.05) is 4.90 Å². The fourth-order valence-corrected chi connectivity index (χ4v) is 7.74. The predicted molar refractivity (Wildman–Crippen MR) is 220 cm³/mol. The molecule has 2 heteroatoms. The van der Waals surface area contributed by atoms with E-state index in [1.165, 1.54) is 43.8 Å². The largest absolute Gasteiger partial charge is 0.455 e. The molecule has 0 saturated carbocycles. The van der Waals surface area contributed by atoms with Gasteiger partial charge in [0.25, 0.3) is 0 Å². The molecule has 0 aliphatic rings. The Hall–Kier alpha value is -6.90. The molecule has 9 aromatic carbocycles. The maximum atomic E-state index is 6.81. The highest BCUT2D eigenvalue weighted by atomic mass is 16.3. The van der Waals surface area contributed by atoms with Gasteiger partial charge in [-0.25, -0.2) is 0 Å². The summed E-state index contributed by atoms with van der Waals surface area (Å²) in [5.74, 6) is 0. The normalized spacial score (nSPS) is 11.5. The third-order valence-corrected chi connectivity index (χ3v) is 10.2. The van der Waals surface area contributed by atoms with Crippen LogP contribution in [0.2, 0.25) is 0 Å². The molecule has 0 aliphatic heterocycles. The maximum Gasteiger partial charge on any atom is 0.143 e. The minimum Gasteiger partial charge on any atom is -0.455 e. The van der Waals surface area contributed by atoms with Crippen LogP contribution in [0.4, 0.5) is 17.1 Å². The van der Waals surface area contributed by atoms with Crippen molar-refractivity contribution in [1.29, 1.82) is 0 Å². The summed E-state index contributed by atoms with van der Waals surface area (Å²) in [6.45, 7) is 0. The highest BCUT2D eigenvalue weighted by Crippen LogP contribution is 2.44. The molecule has 244 valence electrons. The second-order valence-electron chi connectivity index (χ2n) is 13.3. The Morgan fingerprint density at radius 1 is 0.327 bits per heavy atom. The standard InChI is InChI=1S/C50H33NO/c1-3-12-34(13-4-1)35-26-28-41(29-27-35)51(40-17-5-2-6-18-40)42-30-31-48-46(33-42)47-32-39-15-8-10-20-45(39)49(50(47)52-48)38-24-22-37(23-25-38)44-21-11-16-36-14-7-9-19-43(36)44/h1-33H. The number of para-hydroxylation sites is 1. The highest BCUT2D eigenvalue weighted by molar-refractivity contribution is 6.19. The first kappa shape index (κ1) is 30.0. The third-order valence-electron chi connectivity index (χ3n) is 10.2. The summed E-state index contributed by atoms with van der Waals surface area (Å²) in [6.07, 6.45) is 0. The lowest BCUT2D eigenvalue weighted by Gasteiger charge is -2.25. The lowest BCUT2D eigenvalue weighted by atomic mass is 9.93. The van der Waals surface area contributed by atoms with Gasteiger partial charge < -0.3 is 9.32 Å². The van der Waals surface area contributed by atoms with E-state index in [9.17, 15) is 0 Å². The van der Waals surface area contributed by atoms with Gasteiger partial charge in [-0.1, -0.05) is 152 Å². The molecule has 2 nitrogen and oxygen atoms in total. The first-order chi connectivity index (χ1) is 25.8. The van der Waals surface area contributed by atoms with Gasteiger partial charge in [0.05, 0.1) is 0 Å². The number of fused-ring (bicyclic) bond motifs is 5. The molecule has 1 aromatic heterocycles. The Kier molecular flexibility index (Phi) is 7.18. The van der Waals surface area contributed by atoms with E-state index in [1.54, 1.807) is 0 Å². The van der Waals surface area contributed by atoms with Crippen molar-refractivity contribution in [2.45, 2.75) is 0 Å². The summed E-state index contributed by atoms with van der Waals surface area (Å²) in [5, 5.41) is 7.07. The van der Waals surface area contributed by atoms with Gasteiger partial charge in [0.15, 0.2) is 0 Å². The molecule has 0 radical (unpaired) electrons. The van der Waals surface area contributed by atoms with Gasteiger partial charge in [-0.15, -0.1) is 0 Å². The van der Waals surface area contributed by atoms with Crippen LogP contribution in [0.25, 0.3) is 76.9 Å². The van der Waals surface area contributed by atoms with Crippen LogP contribution in [0.3, 0.4) is 0 Å². The topological polar surface area (TPSA) is 16.4 Å². The summed E-state index contributed by atoms with van der Waals surface area (Å²) in [6, 6.07) is 71.5. The third kappa shape index (κ3) is 5.12. The molecule has 10 aromatic rings. The molecule has 0 unspecified atom stereocenters. The molecule has 0 aliphatic carbocycles. The van der Waals surface area contributed by atoms with Crippen LogP contribution in [0, 0.1) is 0 Å². The number of hydrogen-bond acceptors (Lipinski definition) is 2. The van der Waals surface area contributed by atoms with Crippen LogP contribution >= 0.6 is 0 Å². The van der Waals surface area contributed by atoms with Gasteiger partial charge >= 0.3 is 0 Å². The van der Waals surface area contributed by atoms with Crippen LogP contribution in [0.15, 0.2) is 205 Å². The van der Waals surface area contributed by atoms with E-state index >= 15 is 0 Å². The van der Waals surface area contributed by atoms with Crippen molar-refractivity contribution in [1.82, 2.24) is 0 Å². The smallest absolute Gasteiger partial charge is 0.143 e. The first-order valence-corrected chi connectivity index (χ1v) is 17.8. The summed E-state index contributed by atoms with van der Waals surface area (Å²) in [5.41, 5.74) is 12.1. The number of rotatable bonds is 6. The zero-order valence-electron chi connectivity index (χ0n) is 28.4. The van der Waals surface area contributed by atoms with Crippen molar-refractivity contribution in [3.8, 4) is 33.4 Å². The molecule has 0 amide bonds. The number of anilines is 3. The number of hydrogen-bond donors (Lipinski definition) is 0. The van der Waals surface area contributed by atoms with E-state index in [0.717, 1.165) is 50.1 Å². The Bertz CT molecular complexity index is 2870. The quantitative estimate of drug-likeness (QED) is 0.176. The van der Waals surface area contributed by atoms with E-state index in [2.05, 4.69) is 205 Å². The fourth-order valence-electron chi connectivity index (χ4n) is 7.74. The van der Waals surface area contributed by atoms with Crippen LogP contribution in [0.1, 0.15) is 0 Å². The average molecular weight is 664 g/mol. The molecule has 10 rings (SSSR count). The number of furan rings is 1. The molecule has 52 heavy (non-hydrogen) atoms. The summed E-state index contributed by atoms with van der Waals surface area (Å²) < 4.78 is 6.81. The second-order valence-corrected chi connectivity index (χ2v) is 13.3. The minimum absolute atomic E-state index is 0.870. The molecular formula is C50H33NO. The van der Waals surface area contributed by atoms with E-state index in [1.807, 2.05) is 0 Å². The number of nitrogens with zero attached hydrogens (tertiary/aromatic N) is 1. The van der Waals surface area contributed by atoms with Gasteiger partial charge in [0.1, 0.15) is 11.2 Å². The summed E-state index contributed by atoms with van der Waals surface area (Å²) in [7, 11) is 0. The maximum absolute atomic E-state index is 6.81. The number of benzene rings is 9. The summed E-state index contributed by atoms with van der Waals surface area (Å²) in [4.78, 5) is 2.32. The van der Waals surface area contributed by atoms with Gasteiger partial charge in [-0.2, -0.15) is 0 Å². The lowest BCUT2D eigenvalue weighted by molar-refractivity contribution is 0.670. The molecule has 0 N–H and O–H groups in total. The van der Waals surface area contributed by atoms with Crippen LogP contribution in [-0.2, 0) is 0 Å². The van der Waals surface area contributed by atoms with Gasteiger partial charge in [0.2, 0.25) is 0 Å². The predicted octanol–water partition coefficient (Wildman–Crippen LogP) is 14.4. The molecule has 0 atom stereocenters. The fraction of sp³-hybridized carbons (Fsp3) is 0. The zero-order valence-corrected chi connectivity index (χ0v) is 28.4. The van der Waals surface area contributed by atoms with E-state index < -0.39 is 0 Å². The van der Waals surface area contributed by atoms with Gasteiger partial charge in [-0.3, -0.25) is 0 Å². The molecule has 0 saturated heterocycles. The Labute approximate surface area is 302 Å². The van der Waals surface area contributed by atoms with Crippen molar-refractivity contribution in [3.63, 3.8) is 0 Å². The molecule has 0 spiro atoms. The monoisotopic (exact) mass is 663 g/mol. The van der Waals surface area contributed by atoms with Crippen molar-refractivity contribution in [3.05, 3.63) is 200 Å². The van der Waals surface area contributed by atoms with Crippen LogP contribution in [0.5, 0.6) is 0 Å². The van der Waals surface area contributed by atoms with E-state index in [-0.39, 0.29) is 0 Å². The van der Waals surface area contributed by atoms with Crippen molar-refractivity contribution >= 4 is 60.5 Å². The lowest BCUT2D eigenvalue weighted by Crippen LogP contribution is -2.09. The zero-order chi connectivity index (χ0) is 34.4. The molecule has 0 bridgehead atoms. The van der Waals surface area contributed by atoms with E-state index in [0.29, 0.717) is 0 Å². The molecule has 1 heterocycles. The first-order valence-electron chi connectivity index (χ1n) is 17.8. The van der Waals surface area contributed by atoms with E-state index in [4.69, 9.17) is 4.42 Å². The van der Waals surface area contributed by atoms with Gasteiger partial charge in [0, 0.05) is 33.4 Å². The van der Waals surface area contributed by atoms with Crippen LogP contribution < -0.4 is 4.90 Å². The van der Waals surface area contributed by atoms with Crippen molar-refractivity contribution in [2.24, 2.45) is 0 Å². The highest BCUT2D eigenvalue weighted by Gasteiger charge is 2.19. The second kappa shape index (κ2) is 12.5. The SMILES string of the molecule is c1ccc(-c2ccc(N(c3ccccc3)c3ccc4oc5c(-c6ccc(-c7cccc8ccccc78)cc6)c6ccccc6cc5c4c3)cc2)cc1.